The number of hydrogen-bond donors (Lipinski definition) is 1. The van der Waals surface area contributed by atoms with E-state index in [4.69, 9.17) is 5.26 Å². The molecule has 1 saturated carbocycles. The molecule has 1 aromatic carbocycles. The van der Waals surface area contributed by atoms with Crippen LogP contribution < -0.4 is 5.32 Å². The molecule has 118 valence electrons. The van der Waals surface area contributed by atoms with Crippen molar-refractivity contribution in [2.24, 2.45) is 11.3 Å². The molecule has 1 aromatic rings. The third-order valence-electron chi connectivity index (χ3n) is 3.75. The Hall–Kier alpha value is -2.10. The first-order valence-electron chi connectivity index (χ1n) is 6.81. The third kappa shape index (κ3) is 2.65. The highest BCUT2D eigenvalue weighted by Crippen LogP contribution is 2.51. The summed E-state index contributed by atoms with van der Waals surface area (Å²) in [5, 5.41) is 10.4. The molecule has 1 N–H and O–H groups in total. The van der Waals surface area contributed by atoms with E-state index < -0.39 is 45.8 Å². The zero-order valence-electron chi connectivity index (χ0n) is 12.1. The lowest BCUT2D eigenvalue weighted by atomic mass is 9.93. The van der Waals surface area contributed by atoms with Gasteiger partial charge >= 0.3 is 0 Å². The second kappa shape index (κ2) is 5.59. The number of anilines is 1. The van der Waals surface area contributed by atoms with Crippen molar-refractivity contribution >= 4 is 11.6 Å². The van der Waals surface area contributed by atoms with E-state index in [0.717, 1.165) is 6.07 Å². The van der Waals surface area contributed by atoms with Gasteiger partial charge in [-0.3, -0.25) is 4.79 Å². The fourth-order valence-electron chi connectivity index (χ4n) is 2.54. The maximum absolute atomic E-state index is 13.8. The zero-order valence-corrected chi connectivity index (χ0v) is 12.1. The maximum atomic E-state index is 13.8. The lowest BCUT2D eigenvalue weighted by Crippen LogP contribution is -2.27. The molecule has 0 aliphatic heterocycles. The molecule has 0 radical (unpaired) electrons. The third-order valence-corrected chi connectivity index (χ3v) is 3.75. The monoisotopic (exact) mass is 314 g/mol. The SMILES string of the molecule is CC(C)CC1(C(=O)Nc2c(F)c(F)c(C#N)c(F)c2F)CC1. The summed E-state index contributed by atoms with van der Waals surface area (Å²) in [5.41, 5.74) is -3.28. The number of nitriles is 1. The normalized spacial score (nSPS) is 15.5. The first-order valence-corrected chi connectivity index (χ1v) is 6.81. The number of halogens is 4. The number of hydrogen-bond acceptors (Lipinski definition) is 2. The highest BCUT2D eigenvalue weighted by atomic mass is 19.2. The van der Waals surface area contributed by atoms with Gasteiger partial charge in [-0.15, -0.1) is 0 Å². The summed E-state index contributed by atoms with van der Waals surface area (Å²) in [6.45, 7) is 3.80. The van der Waals surface area contributed by atoms with Crippen molar-refractivity contribution in [1.82, 2.24) is 0 Å². The largest absolute Gasteiger partial charge is 0.321 e. The van der Waals surface area contributed by atoms with Crippen LogP contribution in [0, 0.1) is 45.9 Å². The van der Waals surface area contributed by atoms with Crippen LogP contribution in [0.2, 0.25) is 0 Å². The van der Waals surface area contributed by atoms with Crippen molar-refractivity contribution in [2.45, 2.75) is 33.1 Å². The molecule has 22 heavy (non-hydrogen) atoms. The molecule has 0 aromatic heterocycles. The minimum Gasteiger partial charge on any atom is -0.321 e. The highest BCUT2D eigenvalue weighted by molar-refractivity contribution is 5.97. The molecule has 3 nitrogen and oxygen atoms in total. The summed E-state index contributed by atoms with van der Waals surface area (Å²) in [6, 6.07) is 1.05. The van der Waals surface area contributed by atoms with Crippen LogP contribution in [0.4, 0.5) is 23.2 Å². The molecule has 2 rings (SSSR count). The molecular weight excluding hydrogens is 300 g/mol. The van der Waals surface area contributed by atoms with Crippen molar-refractivity contribution < 1.29 is 22.4 Å². The summed E-state index contributed by atoms with van der Waals surface area (Å²) in [4.78, 5) is 12.2. The Bertz CT molecular complexity index is 646. The summed E-state index contributed by atoms with van der Waals surface area (Å²) in [6.07, 6.45) is 1.63. The van der Waals surface area contributed by atoms with Crippen LogP contribution in [0.1, 0.15) is 38.7 Å². The Balaban J connectivity index is 2.36. The van der Waals surface area contributed by atoms with Crippen LogP contribution in [-0.2, 0) is 4.79 Å². The van der Waals surface area contributed by atoms with Gasteiger partial charge in [0.15, 0.2) is 23.3 Å². The quantitative estimate of drug-likeness (QED) is 0.677. The second-order valence-electron chi connectivity index (χ2n) is 5.95. The molecule has 1 amide bonds. The Morgan fingerprint density at radius 3 is 2.05 bits per heavy atom. The predicted octanol–water partition coefficient (Wildman–Crippen LogP) is 3.88. The maximum Gasteiger partial charge on any atom is 0.230 e. The van der Waals surface area contributed by atoms with Crippen molar-refractivity contribution in [3.63, 3.8) is 0 Å². The number of rotatable bonds is 4. The number of benzene rings is 1. The summed E-state index contributed by atoms with van der Waals surface area (Å²) in [5.74, 6) is -7.65. The first kappa shape index (κ1) is 16.3. The standard InChI is InChI=1S/C15H14F4N2O/c1-7(2)5-15(3-4-15)14(22)21-13-11(18)9(16)8(6-20)10(17)12(13)19/h7H,3-5H2,1-2H3,(H,21,22). The molecule has 0 unspecified atom stereocenters. The van der Waals surface area contributed by atoms with Crippen LogP contribution in [0.25, 0.3) is 0 Å². The molecule has 0 atom stereocenters. The molecule has 0 spiro atoms. The Morgan fingerprint density at radius 2 is 1.68 bits per heavy atom. The van der Waals surface area contributed by atoms with Crippen LogP contribution >= 0.6 is 0 Å². The van der Waals surface area contributed by atoms with Crippen molar-refractivity contribution in [3.05, 3.63) is 28.8 Å². The molecule has 1 aliphatic rings. The van der Waals surface area contributed by atoms with Crippen molar-refractivity contribution in [2.75, 3.05) is 5.32 Å². The van der Waals surface area contributed by atoms with Crippen LogP contribution in [0.5, 0.6) is 0 Å². The summed E-state index contributed by atoms with van der Waals surface area (Å²) < 4.78 is 54.6. The van der Waals surface area contributed by atoms with Gasteiger partial charge in [0, 0.05) is 5.41 Å². The van der Waals surface area contributed by atoms with E-state index in [-0.39, 0.29) is 5.92 Å². The van der Waals surface area contributed by atoms with Crippen molar-refractivity contribution in [1.29, 1.82) is 5.26 Å². The van der Waals surface area contributed by atoms with Gasteiger partial charge in [-0.2, -0.15) is 5.26 Å². The van der Waals surface area contributed by atoms with E-state index in [1.54, 1.807) is 0 Å². The van der Waals surface area contributed by atoms with Crippen LogP contribution in [0.3, 0.4) is 0 Å². The number of nitrogens with one attached hydrogen (secondary N) is 1. The Labute approximate surface area is 124 Å². The van der Waals surface area contributed by atoms with E-state index in [1.807, 2.05) is 19.2 Å². The molecule has 0 saturated heterocycles. The smallest absolute Gasteiger partial charge is 0.230 e. The van der Waals surface area contributed by atoms with E-state index in [9.17, 15) is 22.4 Å². The number of carbonyl (C=O) groups is 1. The fraction of sp³-hybridized carbons (Fsp3) is 0.467. The minimum atomic E-state index is -1.81. The van der Waals surface area contributed by atoms with E-state index >= 15 is 0 Å². The minimum absolute atomic E-state index is 0.192. The summed E-state index contributed by atoms with van der Waals surface area (Å²) >= 11 is 0. The summed E-state index contributed by atoms with van der Waals surface area (Å²) in [7, 11) is 0. The van der Waals surface area contributed by atoms with Gasteiger partial charge in [-0.1, -0.05) is 13.8 Å². The van der Waals surface area contributed by atoms with Gasteiger partial charge in [0.25, 0.3) is 0 Å². The van der Waals surface area contributed by atoms with Gasteiger partial charge in [-0.05, 0) is 25.2 Å². The number of carbonyl (C=O) groups excluding carboxylic acids is 1. The molecular formula is C15H14F4N2O. The lowest BCUT2D eigenvalue weighted by molar-refractivity contribution is -0.121. The van der Waals surface area contributed by atoms with E-state index in [2.05, 4.69) is 0 Å². The molecule has 1 fully saturated rings. The average Bonchev–Trinajstić information content (AvgIpc) is 3.22. The number of nitrogens with zero attached hydrogens (tertiary/aromatic N) is 1. The molecule has 1 aliphatic carbocycles. The van der Waals surface area contributed by atoms with Gasteiger partial charge in [0.1, 0.15) is 17.3 Å². The first-order chi connectivity index (χ1) is 10.2. The van der Waals surface area contributed by atoms with Gasteiger partial charge in [-0.25, -0.2) is 17.6 Å². The Morgan fingerprint density at radius 1 is 1.18 bits per heavy atom. The Kier molecular flexibility index (Phi) is 4.14. The number of amides is 1. The van der Waals surface area contributed by atoms with Crippen molar-refractivity contribution in [3.8, 4) is 6.07 Å². The van der Waals surface area contributed by atoms with E-state index in [1.165, 1.54) is 0 Å². The fourth-order valence-corrected chi connectivity index (χ4v) is 2.54. The van der Waals surface area contributed by atoms with Gasteiger partial charge < -0.3 is 5.32 Å². The topological polar surface area (TPSA) is 52.9 Å². The van der Waals surface area contributed by atoms with Crippen LogP contribution in [0.15, 0.2) is 0 Å². The van der Waals surface area contributed by atoms with Gasteiger partial charge in [0.05, 0.1) is 0 Å². The zero-order chi connectivity index (χ0) is 16.7. The lowest BCUT2D eigenvalue weighted by Gasteiger charge is -2.18. The molecule has 0 heterocycles. The molecule has 0 bridgehead atoms. The highest BCUT2D eigenvalue weighted by Gasteiger charge is 2.50. The van der Waals surface area contributed by atoms with E-state index in [0.29, 0.717) is 19.3 Å². The van der Waals surface area contributed by atoms with Crippen LogP contribution in [-0.4, -0.2) is 5.91 Å². The second-order valence-corrected chi connectivity index (χ2v) is 5.95. The predicted molar refractivity (Wildman–Crippen MR) is 70.7 cm³/mol. The van der Waals surface area contributed by atoms with Gasteiger partial charge in [0.2, 0.25) is 5.91 Å². The molecule has 7 heteroatoms. The average molecular weight is 314 g/mol.